The van der Waals surface area contributed by atoms with Gasteiger partial charge in [0.15, 0.2) is 0 Å². The van der Waals surface area contributed by atoms with E-state index in [9.17, 15) is 14.4 Å². The number of nitrogens with zero attached hydrogens (tertiary/aromatic N) is 1. The molecule has 0 radical (unpaired) electrons. The van der Waals surface area contributed by atoms with Crippen LogP contribution in [-0.2, 0) is 25.5 Å². The van der Waals surface area contributed by atoms with Crippen LogP contribution in [0.2, 0.25) is 0 Å². The van der Waals surface area contributed by atoms with Crippen LogP contribution in [0, 0.1) is 5.92 Å². The Morgan fingerprint density at radius 2 is 1.53 bits per heavy atom. The van der Waals surface area contributed by atoms with Crippen LogP contribution in [0.15, 0.2) is 30.3 Å². The molecule has 0 aromatic heterocycles. The van der Waals surface area contributed by atoms with Crippen LogP contribution in [0.4, 0.5) is 0 Å². The summed E-state index contributed by atoms with van der Waals surface area (Å²) in [5.41, 5.74) is 0.914. The summed E-state index contributed by atoms with van der Waals surface area (Å²) in [7, 11) is 1.31. The minimum atomic E-state index is -0.827. The van der Waals surface area contributed by atoms with E-state index in [-0.39, 0.29) is 24.3 Å². The molecule has 0 aliphatic carbocycles. The molecule has 2 rings (SSSR count). The third-order valence-corrected chi connectivity index (χ3v) is 6.17. The average Bonchev–Trinajstić information content (AvgIpc) is 2.84. The zero-order chi connectivity index (χ0) is 26.2. The minimum Gasteiger partial charge on any atom is -0.467 e. The summed E-state index contributed by atoms with van der Waals surface area (Å²) >= 11 is 0. The fourth-order valence-electron chi connectivity index (χ4n) is 4.32. The number of carbonyl (C=O) groups excluding carboxylic acids is 3. The van der Waals surface area contributed by atoms with Gasteiger partial charge in [0, 0.05) is 6.42 Å². The summed E-state index contributed by atoms with van der Waals surface area (Å²) in [5, 5.41) is 12.6. The Kier molecular flexibility index (Phi) is 14.1. The first-order chi connectivity index (χ1) is 17.4. The molecule has 0 bridgehead atoms. The van der Waals surface area contributed by atoms with E-state index in [4.69, 9.17) is 4.74 Å². The van der Waals surface area contributed by atoms with Crippen molar-refractivity contribution in [2.45, 2.75) is 58.0 Å². The second-order valence-electron chi connectivity index (χ2n) is 9.86. The first-order valence-electron chi connectivity index (χ1n) is 13.2. The molecule has 1 aliphatic rings. The standard InChI is InChI=1S/C27H45N5O4/c1-21(2)18-23(26(34)31-24(27(35)36-3)19-22-10-5-4-6-11-22)30-25(33)20-32-16-8-14-28-12-7-13-29-15-9-17-32/h4-6,10-11,21,23-24,28-29H,7-9,12-20H2,1-3H3,(H,30,33)(H,31,34)/t23-,24-/m0/s1. The van der Waals surface area contributed by atoms with E-state index in [2.05, 4.69) is 26.2 Å². The molecule has 2 atom stereocenters. The number of rotatable bonds is 10. The quantitative estimate of drug-likeness (QED) is 0.354. The molecule has 9 nitrogen and oxygen atoms in total. The highest BCUT2D eigenvalue weighted by atomic mass is 16.5. The third-order valence-electron chi connectivity index (χ3n) is 6.17. The first-order valence-corrected chi connectivity index (χ1v) is 13.2. The van der Waals surface area contributed by atoms with E-state index in [1.54, 1.807) is 0 Å². The van der Waals surface area contributed by atoms with Crippen molar-refractivity contribution in [3.05, 3.63) is 35.9 Å². The molecule has 202 valence electrons. The van der Waals surface area contributed by atoms with Gasteiger partial charge >= 0.3 is 5.97 Å². The molecular formula is C27H45N5O4. The number of hydrogen-bond donors (Lipinski definition) is 4. The molecule has 1 saturated heterocycles. The van der Waals surface area contributed by atoms with E-state index in [1.165, 1.54) is 7.11 Å². The minimum absolute atomic E-state index is 0.179. The molecule has 1 aliphatic heterocycles. The summed E-state index contributed by atoms with van der Waals surface area (Å²) in [6, 6.07) is 7.92. The molecule has 2 amide bonds. The van der Waals surface area contributed by atoms with Gasteiger partial charge in [-0.3, -0.25) is 14.5 Å². The molecule has 0 spiro atoms. The number of benzene rings is 1. The summed E-state index contributed by atoms with van der Waals surface area (Å²) < 4.78 is 4.93. The lowest BCUT2D eigenvalue weighted by Gasteiger charge is -2.26. The number of amides is 2. The monoisotopic (exact) mass is 503 g/mol. The second-order valence-corrected chi connectivity index (χ2v) is 9.86. The Balaban J connectivity index is 1.99. The number of hydrogen-bond acceptors (Lipinski definition) is 7. The average molecular weight is 504 g/mol. The highest BCUT2D eigenvalue weighted by molar-refractivity contribution is 5.91. The maximum Gasteiger partial charge on any atom is 0.328 e. The van der Waals surface area contributed by atoms with E-state index in [1.807, 2.05) is 44.2 Å². The fraction of sp³-hybridized carbons (Fsp3) is 0.667. The van der Waals surface area contributed by atoms with Gasteiger partial charge in [-0.05, 0) is 76.4 Å². The van der Waals surface area contributed by atoms with E-state index < -0.39 is 18.1 Å². The second kappa shape index (κ2) is 17.1. The summed E-state index contributed by atoms with van der Waals surface area (Å²) in [6.07, 6.45) is 3.85. The molecule has 0 saturated carbocycles. The first kappa shape index (κ1) is 29.7. The van der Waals surface area contributed by atoms with Gasteiger partial charge in [0.05, 0.1) is 13.7 Å². The fourth-order valence-corrected chi connectivity index (χ4v) is 4.32. The largest absolute Gasteiger partial charge is 0.467 e. The summed E-state index contributed by atoms with van der Waals surface area (Å²) in [5.74, 6) is -0.874. The van der Waals surface area contributed by atoms with E-state index >= 15 is 0 Å². The number of methoxy groups -OCH3 is 1. The Morgan fingerprint density at radius 1 is 0.917 bits per heavy atom. The van der Waals surface area contributed by atoms with Crippen LogP contribution in [0.5, 0.6) is 0 Å². The highest BCUT2D eigenvalue weighted by Crippen LogP contribution is 2.09. The predicted molar refractivity (Wildman–Crippen MR) is 142 cm³/mol. The molecular weight excluding hydrogens is 458 g/mol. The normalized spacial score (nSPS) is 17.8. The van der Waals surface area contributed by atoms with Gasteiger partial charge in [0.1, 0.15) is 12.1 Å². The third kappa shape index (κ3) is 12.0. The number of carbonyl (C=O) groups is 3. The van der Waals surface area contributed by atoms with Crippen molar-refractivity contribution >= 4 is 17.8 Å². The van der Waals surface area contributed by atoms with Crippen molar-refractivity contribution < 1.29 is 19.1 Å². The summed E-state index contributed by atoms with van der Waals surface area (Å²) in [6.45, 7) is 9.74. The molecule has 1 heterocycles. The van der Waals surface area contributed by atoms with Gasteiger partial charge in [-0.25, -0.2) is 4.79 Å². The molecule has 4 N–H and O–H groups in total. The Labute approximate surface area is 216 Å². The number of nitrogens with one attached hydrogen (secondary N) is 4. The maximum absolute atomic E-state index is 13.2. The summed E-state index contributed by atoms with van der Waals surface area (Å²) in [4.78, 5) is 40.8. The van der Waals surface area contributed by atoms with Crippen LogP contribution in [-0.4, -0.2) is 87.7 Å². The van der Waals surface area contributed by atoms with Crippen LogP contribution < -0.4 is 21.3 Å². The lowest BCUT2D eigenvalue weighted by Crippen LogP contribution is -2.54. The lowest BCUT2D eigenvalue weighted by molar-refractivity contribution is -0.145. The highest BCUT2D eigenvalue weighted by Gasteiger charge is 2.28. The Bertz CT molecular complexity index is 778. The Morgan fingerprint density at radius 3 is 2.11 bits per heavy atom. The van der Waals surface area contributed by atoms with E-state index in [0.29, 0.717) is 12.8 Å². The number of ether oxygens (including phenoxy) is 1. The lowest BCUT2D eigenvalue weighted by atomic mass is 10.0. The van der Waals surface area contributed by atoms with Crippen molar-refractivity contribution in [2.24, 2.45) is 5.92 Å². The van der Waals surface area contributed by atoms with Crippen molar-refractivity contribution in [1.29, 1.82) is 0 Å². The van der Waals surface area contributed by atoms with Crippen LogP contribution in [0.25, 0.3) is 0 Å². The van der Waals surface area contributed by atoms with Crippen LogP contribution in [0.1, 0.15) is 45.1 Å². The van der Waals surface area contributed by atoms with Gasteiger partial charge in [-0.15, -0.1) is 0 Å². The van der Waals surface area contributed by atoms with Crippen LogP contribution in [0.3, 0.4) is 0 Å². The van der Waals surface area contributed by atoms with Crippen molar-refractivity contribution in [3.8, 4) is 0 Å². The molecule has 1 fully saturated rings. The van der Waals surface area contributed by atoms with Crippen molar-refractivity contribution in [3.63, 3.8) is 0 Å². The molecule has 9 heteroatoms. The zero-order valence-electron chi connectivity index (χ0n) is 22.2. The van der Waals surface area contributed by atoms with Gasteiger partial charge in [0.2, 0.25) is 11.8 Å². The maximum atomic E-state index is 13.2. The van der Waals surface area contributed by atoms with Gasteiger partial charge in [-0.2, -0.15) is 0 Å². The molecule has 1 aromatic rings. The molecule has 36 heavy (non-hydrogen) atoms. The molecule has 1 aromatic carbocycles. The zero-order valence-corrected chi connectivity index (χ0v) is 22.2. The SMILES string of the molecule is COC(=O)[C@H](Cc1ccccc1)NC(=O)[C@H](CC(C)C)NC(=O)CN1CCCNCCCNCCC1. The topological polar surface area (TPSA) is 112 Å². The van der Waals surface area contributed by atoms with Gasteiger partial charge in [-0.1, -0.05) is 44.2 Å². The predicted octanol–water partition coefficient (Wildman–Crippen LogP) is 1.08. The molecule has 0 unspecified atom stereocenters. The smallest absolute Gasteiger partial charge is 0.328 e. The Hall–Kier alpha value is -2.49. The van der Waals surface area contributed by atoms with Crippen molar-refractivity contribution in [1.82, 2.24) is 26.2 Å². The van der Waals surface area contributed by atoms with Gasteiger partial charge < -0.3 is 26.0 Å². The van der Waals surface area contributed by atoms with Crippen LogP contribution >= 0.6 is 0 Å². The van der Waals surface area contributed by atoms with E-state index in [0.717, 1.165) is 64.1 Å². The van der Waals surface area contributed by atoms with Crippen molar-refractivity contribution in [2.75, 3.05) is 52.9 Å². The van der Waals surface area contributed by atoms with Gasteiger partial charge in [0.25, 0.3) is 0 Å². The number of esters is 1.